The molecule has 1 aliphatic carbocycles. The van der Waals surface area contributed by atoms with Gasteiger partial charge >= 0.3 is 5.97 Å². The lowest BCUT2D eigenvalue weighted by Crippen LogP contribution is -2.57. The largest absolute Gasteiger partial charge is 0.468 e. The molecule has 1 saturated carbocycles. The fraction of sp³-hybridized carbons (Fsp3) is 0.923. The molecule has 0 heterocycles. The number of nitrogens with zero attached hydrogens (tertiary/aromatic N) is 1. The molecule has 0 aromatic rings. The van der Waals surface area contributed by atoms with Crippen LogP contribution in [0.15, 0.2) is 0 Å². The molecule has 0 aromatic carbocycles. The number of ether oxygens (including phenoxy) is 1. The van der Waals surface area contributed by atoms with E-state index in [4.69, 9.17) is 4.74 Å². The Hall–Kier alpha value is -0.610. The van der Waals surface area contributed by atoms with E-state index in [9.17, 15) is 4.79 Å². The second-order valence-electron chi connectivity index (χ2n) is 5.52. The second-order valence-corrected chi connectivity index (χ2v) is 5.52. The molecule has 0 bridgehead atoms. The molecule has 0 radical (unpaired) electrons. The van der Waals surface area contributed by atoms with Crippen LogP contribution in [0, 0.1) is 11.8 Å². The maximum Gasteiger partial charge on any atom is 0.327 e. The summed E-state index contributed by atoms with van der Waals surface area (Å²) in [5.74, 6) is 1.47. The molecule has 0 aliphatic heterocycles. The topological polar surface area (TPSA) is 41.6 Å². The predicted octanol–water partition coefficient (Wildman–Crippen LogP) is 1.12. The summed E-state index contributed by atoms with van der Waals surface area (Å²) in [4.78, 5) is 14.0. The highest BCUT2D eigenvalue weighted by Crippen LogP contribution is 2.38. The zero-order chi connectivity index (χ0) is 13.1. The van der Waals surface area contributed by atoms with Crippen molar-refractivity contribution in [2.75, 3.05) is 33.8 Å². The van der Waals surface area contributed by atoms with Gasteiger partial charge in [-0.05, 0) is 38.8 Å². The van der Waals surface area contributed by atoms with Crippen molar-refractivity contribution in [1.82, 2.24) is 10.2 Å². The molecule has 100 valence electrons. The quantitative estimate of drug-likeness (QED) is 0.679. The number of rotatable bonds is 7. The van der Waals surface area contributed by atoms with Gasteiger partial charge < -0.3 is 15.0 Å². The van der Waals surface area contributed by atoms with Crippen molar-refractivity contribution in [2.45, 2.75) is 32.7 Å². The van der Waals surface area contributed by atoms with Crippen LogP contribution >= 0.6 is 0 Å². The Labute approximate surface area is 105 Å². The van der Waals surface area contributed by atoms with Crippen LogP contribution in [0.1, 0.15) is 27.2 Å². The maximum absolute atomic E-state index is 11.8. The van der Waals surface area contributed by atoms with E-state index in [1.54, 1.807) is 0 Å². The molecule has 4 nitrogen and oxygen atoms in total. The number of methoxy groups -OCH3 is 1. The summed E-state index contributed by atoms with van der Waals surface area (Å²) in [7, 11) is 3.52. The number of carbonyl (C=O) groups is 1. The molecule has 1 aliphatic rings. The minimum Gasteiger partial charge on any atom is -0.468 e. The van der Waals surface area contributed by atoms with Gasteiger partial charge in [-0.15, -0.1) is 0 Å². The van der Waals surface area contributed by atoms with Crippen molar-refractivity contribution in [3.05, 3.63) is 0 Å². The zero-order valence-electron chi connectivity index (χ0n) is 11.7. The number of carbonyl (C=O) groups excluding carboxylic acids is 1. The average Bonchev–Trinajstić information content (AvgIpc) is 2.92. The van der Waals surface area contributed by atoms with Crippen LogP contribution in [0.25, 0.3) is 0 Å². The van der Waals surface area contributed by atoms with Crippen LogP contribution in [-0.4, -0.2) is 50.2 Å². The van der Waals surface area contributed by atoms with E-state index in [0.29, 0.717) is 6.54 Å². The van der Waals surface area contributed by atoms with E-state index >= 15 is 0 Å². The Morgan fingerprint density at radius 1 is 1.59 bits per heavy atom. The average molecular weight is 242 g/mol. The first-order chi connectivity index (χ1) is 7.92. The van der Waals surface area contributed by atoms with Crippen LogP contribution in [-0.2, 0) is 9.53 Å². The highest BCUT2D eigenvalue weighted by Gasteiger charge is 2.38. The van der Waals surface area contributed by atoms with Gasteiger partial charge in [0.15, 0.2) is 0 Å². The fourth-order valence-electron chi connectivity index (χ4n) is 2.47. The summed E-state index contributed by atoms with van der Waals surface area (Å²) in [6.07, 6.45) is 1.32. The van der Waals surface area contributed by atoms with E-state index in [1.807, 2.05) is 13.8 Å². The van der Waals surface area contributed by atoms with Crippen LogP contribution < -0.4 is 5.32 Å². The van der Waals surface area contributed by atoms with E-state index in [-0.39, 0.29) is 5.97 Å². The lowest BCUT2D eigenvalue weighted by Gasteiger charge is -2.32. The highest BCUT2D eigenvalue weighted by molar-refractivity contribution is 5.80. The fourth-order valence-corrected chi connectivity index (χ4v) is 2.47. The zero-order valence-corrected chi connectivity index (χ0v) is 11.7. The van der Waals surface area contributed by atoms with E-state index in [1.165, 1.54) is 13.5 Å². The Morgan fingerprint density at radius 3 is 2.59 bits per heavy atom. The summed E-state index contributed by atoms with van der Waals surface area (Å²) in [6, 6.07) is 0. The summed E-state index contributed by atoms with van der Waals surface area (Å²) in [5, 5.41) is 3.23. The van der Waals surface area contributed by atoms with Crippen molar-refractivity contribution in [1.29, 1.82) is 0 Å². The van der Waals surface area contributed by atoms with Gasteiger partial charge in [0.25, 0.3) is 0 Å². The Balaban J connectivity index is 2.49. The van der Waals surface area contributed by atoms with Crippen molar-refractivity contribution >= 4 is 5.97 Å². The Morgan fingerprint density at radius 2 is 2.18 bits per heavy atom. The number of likely N-dealkylation sites (N-methyl/N-ethyl adjacent to an activating group) is 2. The molecule has 0 amide bonds. The lowest BCUT2D eigenvalue weighted by atomic mass is 10.0. The molecule has 0 spiro atoms. The van der Waals surface area contributed by atoms with Gasteiger partial charge in [-0.3, -0.25) is 4.79 Å². The van der Waals surface area contributed by atoms with E-state index < -0.39 is 5.54 Å². The van der Waals surface area contributed by atoms with Gasteiger partial charge in [-0.1, -0.05) is 13.8 Å². The van der Waals surface area contributed by atoms with E-state index in [2.05, 4.69) is 24.2 Å². The van der Waals surface area contributed by atoms with Gasteiger partial charge in [0.2, 0.25) is 0 Å². The maximum atomic E-state index is 11.8. The lowest BCUT2D eigenvalue weighted by molar-refractivity contribution is -0.148. The molecule has 0 saturated heterocycles. The predicted molar refractivity (Wildman–Crippen MR) is 68.9 cm³/mol. The highest BCUT2D eigenvalue weighted by atomic mass is 16.5. The van der Waals surface area contributed by atoms with E-state index in [0.717, 1.165) is 24.9 Å². The van der Waals surface area contributed by atoms with Gasteiger partial charge in [0, 0.05) is 13.1 Å². The van der Waals surface area contributed by atoms with Crippen molar-refractivity contribution in [2.24, 2.45) is 11.8 Å². The second kappa shape index (κ2) is 5.83. The molecule has 0 aromatic heterocycles. The molecule has 3 atom stereocenters. The third-order valence-corrected chi connectivity index (χ3v) is 3.61. The molecule has 4 heteroatoms. The van der Waals surface area contributed by atoms with Gasteiger partial charge in [0.1, 0.15) is 5.54 Å². The molecular formula is C13H26N2O2. The third-order valence-electron chi connectivity index (χ3n) is 3.61. The number of hydrogen-bond acceptors (Lipinski definition) is 4. The molecule has 3 unspecified atom stereocenters. The van der Waals surface area contributed by atoms with Gasteiger partial charge in [-0.25, -0.2) is 0 Å². The van der Waals surface area contributed by atoms with Crippen LogP contribution in [0.2, 0.25) is 0 Å². The first-order valence-electron chi connectivity index (χ1n) is 6.45. The summed E-state index contributed by atoms with van der Waals surface area (Å²) in [6.45, 7) is 8.72. The molecule has 1 fully saturated rings. The summed E-state index contributed by atoms with van der Waals surface area (Å²) >= 11 is 0. The van der Waals surface area contributed by atoms with Crippen molar-refractivity contribution < 1.29 is 9.53 Å². The number of hydrogen-bond donors (Lipinski definition) is 1. The summed E-state index contributed by atoms with van der Waals surface area (Å²) < 4.78 is 4.88. The molecular weight excluding hydrogens is 216 g/mol. The minimum atomic E-state index is -0.601. The van der Waals surface area contributed by atoms with Gasteiger partial charge in [-0.2, -0.15) is 0 Å². The normalized spacial score (nSPS) is 26.7. The van der Waals surface area contributed by atoms with Crippen LogP contribution in [0.5, 0.6) is 0 Å². The van der Waals surface area contributed by atoms with Crippen molar-refractivity contribution in [3.8, 4) is 0 Å². The number of nitrogens with one attached hydrogen (secondary N) is 1. The number of esters is 1. The Bertz CT molecular complexity index is 270. The molecule has 1 rings (SSSR count). The molecule has 1 N–H and O–H groups in total. The SMILES string of the molecule is CCNC(C)(CN(C)CC1CC1C)C(=O)OC. The minimum absolute atomic E-state index is 0.185. The van der Waals surface area contributed by atoms with Crippen LogP contribution in [0.4, 0.5) is 0 Å². The smallest absolute Gasteiger partial charge is 0.327 e. The molecule has 17 heavy (non-hydrogen) atoms. The van der Waals surface area contributed by atoms with Crippen LogP contribution in [0.3, 0.4) is 0 Å². The summed E-state index contributed by atoms with van der Waals surface area (Å²) in [5.41, 5.74) is -0.601. The Kier molecular flexibility index (Phi) is 4.95. The monoisotopic (exact) mass is 242 g/mol. The van der Waals surface area contributed by atoms with Gasteiger partial charge in [0.05, 0.1) is 7.11 Å². The standard InChI is InChI=1S/C13H26N2O2/c1-6-14-13(3,12(16)17-5)9-15(4)8-11-7-10(11)2/h10-11,14H,6-9H2,1-5H3. The third kappa shape index (κ3) is 3.96. The first kappa shape index (κ1) is 14.5. The van der Waals surface area contributed by atoms with Crippen molar-refractivity contribution in [3.63, 3.8) is 0 Å². The first-order valence-corrected chi connectivity index (χ1v) is 6.45.